The Morgan fingerprint density at radius 3 is 2.75 bits per heavy atom. The van der Waals surface area contributed by atoms with E-state index in [0.717, 1.165) is 5.56 Å². The van der Waals surface area contributed by atoms with Crippen LogP contribution in [0.3, 0.4) is 0 Å². The molecule has 1 saturated heterocycles. The van der Waals surface area contributed by atoms with Gasteiger partial charge in [-0.15, -0.1) is 0 Å². The van der Waals surface area contributed by atoms with Crippen LogP contribution in [0, 0.1) is 11.3 Å². The molecule has 2 amide bonds. The van der Waals surface area contributed by atoms with E-state index in [1.165, 1.54) is 6.08 Å². The van der Waals surface area contributed by atoms with Crippen LogP contribution in [-0.4, -0.2) is 43.0 Å². The van der Waals surface area contributed by atoms with Crippen molar-refractivity contribution < 1.29 is 14.3 Å². The summed E-state index contributed by atoms with van der Waals surface area (Å²) in [5.74, 6) is 0.409. The number of methoxy groups -OCH3 is 1. The highest BCUT2D eigenvalue weighted by atomic mass is 16.5. The van der Waals surface area contributed by atoms with Crippen molar-refractivity contribution in [3.8, 4) is 11.8 Å². The third-order valence-corrected chi connectivity index (χ3v) is 3.98. The number of nitrogens with zero attached hydrogens (tertiary/aromatic N) is 2. The van der Waals surface area contributed by atoms with Gasteiger partial charge in [0.15, 0.2) is 0 Å². The molecule has 0 radical (unpaired) electrons. The Balaban J connectivity index is 1.83. The first-order valence-corrected chi connectivity index (χ1v) is 7.90. The van der Waals surface area contributed by atoms with Crippen molar-refractivity contribution in [2.75, 3.05) is 20.2 Å². The Morgan fingerprint density at radius 2 is 2.08 bits per heavy atom. The number of hydrogen-bond donors (Lipinski definition) is 1. The number of amides is 2. The van der Waals surface area contributed by atoms with Gasteiger partial charge in [0.05, 0.1) is 13.2 Å². The molecule has 1 aromatic carbocycles. The Morgan fingerprint density at radius 1 is 1.38 bits per heavy atom. The van der Waals surface area contributed by atoms with Gasteiger partial charge in [-0.2, -0.15) is 5.26 Å². The average molecular weight is 327 g/mol. The number of rotatable bonds is 5. The Bertz CT molecular complexity index is 656. The summed E-state index contributed by atoms with van der Waals surface area (Å²) in [4.78, 5) is 25.4. The molecule has 0 bridgehead atoms. The van der Waals surface area contributed by atoms with Crippen LogP contribution in [0.25, 0.3) is 6.08 Å². The molecule has 0 atom stereocenters. The van der Waals surface area contributed by atoms with Crippen molar-refractivity contribution >= 4 is 17.9 Å². The van der Waals surface area contributed by atoms with E-state index >= 15 is 0 Å². The summed E-state index contributed by atoms with van der Waals surface area (Å²) in [7, 11) is 1.59. The molecule has 1 aromatic rings. The van der Waals surface area contributed by atoms with Gasteiger partial charge in [0.25, 0.3) is 0 Å². The molecule has 0 saturated carbocycles. The number of nitriles is 1. The molecule has 1 heterocycles. The molecule has 24 heavy (non-hydrogen) atoms. The summed E-state index contributed by atoms with van der Waals surface area (Å²) in [6, 6.07) is 9.39. The minimum atomic E-state index is -0.164. The third kappa shape index (κ3) is 4.85. The predicted octanol–water partition coefficient (Wildman–Crippen LogP) is 1.73. The van der Waals surface area contributed by atoms with E-state index in [1.54, 1.807) is 18.1 Å². The minimum Gasteiger partial charge on any atom is -0.496 e. The number of carbonyl (C=O) groups is 2. The Hall–Kier alpha value is -2.81. The number of piperidine rings is 1. The molecule has 1 N–H and O–H groups in total. The number of benzene rings is 1. The van der Waals surface area contributed by atoms with Crippen LogP contribution in [0.4, 0.5) is 0 Å². The van der Waals surface area contributed by atoms with Crippen LogP contribution in [0.2, 0.25) is 0 Å². The number of para-hydroxylation sites is 1. The minimum absolute atomic E-state index is 0.0472. The normalized spacial score (nSPS) is 15.1. The molecule has 0 spiro atoms. The van der Waals surface area contributed by atoms with E-state index in [0.29, 0.717) is 31.7 Å². The summed E-state index contributed by atoms with van der Waals surface area (Å²) in [5.41, 5.74) is 0.840. The summed E-state index contributed by atoms with van der Waals surface area (Å²) in [6.07, 6.45) is 4.53. The van der Waals surface area contributed by atoms with Crippen molar-refractivity contribution in [1.29, 1.82) is 5.26 Å². The van der Waals surface area contributed by atoms with Gasteiger partial charge in [-0.1, -0.05) is 18.2 Å². The van der Waals surface area contributed by atoms with Crippen molar-refractivity contribution in [3.05, 3.63) is 35.9 Å². The molecule has 0 aromatic heterocycles. The second kappa shape index (κ2) is 8.73. The number of ether oxygens (including phenoxy) is 1. The second-order valence-corrected chi connectivity index (χ2v) is 5.57. The molecule has 1 fully saturated rings. The van der Waals surface area contributed by atoms with Crippen LogP contribution in [-0.2, 0) is 9.59 Å². The maximum absolute atomic E-state index is 12.0. The van der Waals surface area contributed by atoms with E-state index in [4.69, 9.17) is 10.00 Å². The zero-order chi connectivity index (χ0) is 17.4. The van der Waals surface area contributed by atoms with Crippen molar-refractivity contribution in [3.63, 3.8) is 0 Å². The largest absolute Gasteiger partial charge is 0.496 e. The molecular formula is C18H21N3O3. The zero-order valence-corrected chi connectivity index (χ0v) is 13.7. The Labute approximate surface area is 141 Å². The van der Waals surface area contributed by atoms with Gasteiger partial charge in [-0.3, -0.25) is 9.59 Å². The summed E-state index contributed by atoms with van der Waals surface area (Å²) < 4.78 is 5.24. The number of carbonyl (C=O) groups excluding carboxylic acids is 2. The van der Waals surface area contributed by atoms with Crippen LogP contribution >= 0.6 is 0 Å². The molecule has 0 unspecified atom stereocenters. The summed E-state index contributed by atoms with van der Waals surface area (Å²) in [5, 5.41) is 11.5. The van der Waals surface area contributed by atoms with Gasteiger partial charge < -0.3 is 15.0 Å². The second-order valence-electron chi connectivity index (χ2n) is 5.57. The van der Waals surface area contributed by atoms with Gasteiger partial charge in [-0.05, 0) is 25.0 Å². The van der Waals surface area contributed by atoms with Crippen LogP contribution < -0.4 is 10.1 Å². The Kier molecular flexibility index (Phi) is 6.38. The fraction of sp³-hybridized carbons (Fsp3) is 0.389. The first-order chi connectivity index (χ1) is 11.6. The highest BCUT2D eigenvalue weighted by molar-refractivity contribution is 5.92. The van der Waals surface area contributed by atoms with E-state index in [9.17, 15) is 9.59 Å². The SMILES string of the molecule is COc1ccccc1/C=C/C(=O)NC1CCN(C(=O)CC#N)CC1. The first-order valence-electron chi connectivity index (χ1n) is 7.90. The molecule has 1 aliphatic heterocycles. The lowest BCUT2D eigenvalue weighted by atomic mass is 10.0. The van der Waals surface area contributed by atoms with E-state index in [2.05, 4.69) is 5.32 Å². The molecular weight excluding hydrogens is 306 g/mol. The summed E-state index contributed by atoms with van der Waals surface area (Å²) >= 11 is 0. The standard InChI is InChI=1S/C18H21N3O3/c1-24-16-5-3-2-4-14(16)6-7-17(22)20-15-9-12-21(13-10-15)18(23)8-11-19/h2-7,15H,8-10,12-13H2,1H3,(H,20,22)/b7-6+. The maximum atomic E-state index is 12.0. The highest BCUT2D eigenvalue weighted by Gasteiger charge is 2.22. The van der Waals surface area contributed by atoms with Gasteiger partial charge >= 0.3 is 0 Å². The van der Waals surface area contributed by atoms with E-state index in [1.807, 2.05) is 30.3 Å². The van der Waals surface area contributed by atoms with Gasteiger partial charge in [-0.25, -0.2) is 0 Å². The molecule has 6 nitrogen and oxygen atoms in total. The fourth-order valence-electron chi connectivity index (χ4n) is 2.67. The molecule has 6 heteroatoms. The zero-order valence-electron chi connectivity index (χ0n) is 13.7. The average Bonchev–Trinajstić information content (AvgIpc) is 2.61. The molecule has 2 rings (SSSR count). The lowest BCUT2D eigenvalue weighted by molar-refractivity contribution is -0.131. The van der Waals surface area contributed by atoms with Crippen molar-refractivity contribution in [1.82, 2.24) is 10.2 Å². The lowest BCUT2D eigenvalue weighted by Crippen LogP contribution is -2.46. The first kappa shape index (κ1) is 17.5. The van der Waals surface area contributed by atoms with Gasteiger partial charge in [0.1, 0.15) is 12.2 Å². The topological polar surface area (TPSA) is 82.4 Å². The van der Waals surface area contributed by atoms with E-state index < -0.39 is 0 Å². The van der Waals surface area contributed by atoms with Crippen LogP contribution in [0.1, 0.15) is 24.8 Å². The van der Waals surface area contributed by atoms with Crippen LogP contribution in [0.15, 0.2) is 30.3 Å². The third-order valence-electron chi connectivity index (χ3n) is 3.98. The highest BCUT2D eigenvalue weighted by Crippen LogP contribution is 2.18. The van der Waals surface area contributed by atoms with Crippen molar-refractivity contribution in [2.45, 2.75) is 25.3 Å². The molecule has 1 aliphatic rings. The van der Waals surface area contributed by atoms with Crippen molar-refractivity contribution in [2.24, 2.45) is 0 Å². The summed E-state index contributed by atoms with van der Waals surface area (Å²) in [6.45, 7) is 1.14. The quantitative estimate of drug-likeness (QED) is 0.835. The van der Waals surface area contributed by atoms with Gasteiger partial charge in [0.2, 0.25) is 11.8 Å². The number of nitrogens with one attached hydrogen (secondary N) is 1. The smallest absolute Gasteiger partial charge is 0.244 e. The lowest BCUT2D eigenvalue weighted by Gasteiger charge is -2.31. The van der Waals surface area contributed by atoms with Crippen LogP contribution in [0.5, 0.6) is 5.75 Å². The number of hydrogen-bond acceptors (Lipinski definition) is 4. The molecule has 0 aliphatic carbocycles. The maximum Gasteiger partial charge on any atom is 0.244 e. The van der Waals surface area contributed by atoms with Gasteiger partial charge in [0, 0.05) is 30.8 Å². The monoisotopic (exact) mass is 327 g/mol. The predicted molar refractivity (Wildman–Crippen MR) is 90.0 cm³/mol. The molecule has 126 valence electrons. The number of likely N-dealkylation sites (tertiary alicyclic amines) is 1. The van der Waals surface area contributed by atoms with E-state index in [-0.39, 0.29) is 24.3 Å². The fourth-order valence-corrected chi connectivity index (χ4v) is 2.67.